The highest BCUT2D eigenvalue weighted by atomic mass is 14.3. The van der Waals surface area contributed by atoms with Crippen LogP contribution in [0.3, 0.4) is 0 Å². The van der Waals surface area contributed by atoms with E-state index in [-0.39, 0.29) is 5.92 Å². The zero-order valence-corrected chi connectivity index (χ0v) is 7.14. The molecule has 0 amide bonds. The molecular weight excluding hydrogens is 134 g/mol. The highest BCUT2D eigenvalue weighted by Crippen LogP contribution is 2.33. The highest BCUT2D eigenvalue weighted by molar-refractivity contribution is 5.06. The van der Waals surface area contributed by atoms with Crippen molar-refractivity contribution >= 4 is 0 Å². The number of rotatable bonds is 1. The molecule has 0 bridgehead atoms. The summed E-state index contributed by atoms with van der Waals surface area (Å²) in [6.07, 6.45) is 4.37. The van der Waals surface area contributed by atoms with Crippen molar-refractivity contribution in [1.29, 1.82) is 5.26 Å². The van der Waals surface area contributed by atoms with Gasteiger partial charge in [0.05, 0.1) is 12.0 Å². The summed E-state index contributed by atoms with van der Waals surface area (Å²) in [6.45, 7) is 6.15. The smallest absolute Gasteiger partial charge is 0.0659 e. The predicted molar refractivity (Wildman–Crippen MR) is 45.9 cm³/mol. The van der Waals surface area contributed by atoms with Gasteiger partial charge in [0, 0.05) is 0 Å². The first-order valence-corrected chi connectivity index (χ1v) is 4.32. The number of hydrogen-bond acceptors (Lipinski definition) is 1. The Morgan fingerprint density at radius 2 is 2.36 bits per heavy atom. The van der Waals surface area contributed by atoms with E-state index in [1.165, 1.54) is 12.0 Å². The highest BCUT2D eigenvalue weighted by Gasteiger charge is 2.22. The molecular formula is C10H15N. The Balaban J connectivity index is 2.52. The summed E-state index contributed by atoms with van der Waals surface area (Å²) in [4.78, 5) is 0. The fraction of sp³-hybridized carbons (Fsp3) is 0.700. The minimum Gasteiger partial charge on any atom is -0.198 e. The predicted octanol–water partition coefficient (Wildman–Crippen LogP) is 2.89. The Labute approximate surface area is 68.7 Å². The molecule has 0 spiro atoms. The molecule has 1 rings (SSSR count). The quantitative estimate of drug-likeness (QED) is 0.526. The van der Waals surface area contributed by atoms with Gasteiger partial charge in [0.1, 0.15) is 0 Å². The molecule has 1 fully saturated rings. The molecule has 0 aromatic heterocycles. The van der Waals surface area contributed by atoms with E-state index in [4.69, 9.17) is 5.26 Å². The van der Waals surface area contributed by atoms with E-state index in [2.05, 4.69) is 19.6 Å². The minimum atomic E-state index is 0.251. The molecule has 1 nitrogen and oxygen atoms in total. The van der Waals surface area contributed by atoms with Crippen LogP contribution >= 0.6 is 0 Å². The second-order valence-electron chi connectivity index (χ2n) is 3.49. The van der Waals surface area contributed by atoms with E-state index in [0.29, 0.717) is 0 Å². The van der Waals surface area contributed by atoms with Crippen molar-refractivity contribution in [3.63, 3.8) is 0 Å². The van der Waals surface area contributed by atoms with E-state index in [0.717, 1.165) is 25.2 Å². The van der Waals surface area contributed by atoms with Gasteiger partial charge >= 0.3 is 0 Å². The summed E-state index contributed by atoms with van der Waals surface area (Å²) in [5, 5.41) is 8.73. The third-order valence-electron chi connectivity index (χ3n) is 2.49. The van der Waals surface area contributed by atoms with Crippen LogP contribution in [0.4, 0.5) is 0 Å². The Kier molecular flexibility index (Phi) is 2.70. The lowest BCUT2D eigenvalue weighted by Gasteiger charge is -2.25. The summed E-state index contributed by atoms with van der Waals surface area (Å²) in [5.41, 5.74) is 1.27. The van der Waals surface area contributed by atoms with Crippen LogP contribution in [-0.4, -0.2) is 0 Å². The van der Waals surface area contributed by atoms with Crippen LogP contribution in [0.15, 0.2) is 12.2 Å². The summed E-state index contributed by atoms with van der Waals surface area (Å²) in [7, 11) is 0. The van der Waals surface area contributed by atoms with Crippen molar-refractivity contribution in [2.45, 2.75) is 32.6 Å². The molecule has 2 atom stereocenters. The summed E-state index contributed by atoms with van der Waals surface area (Å²) in [6, 6.07) is 2.34. The topological polar surface area (TPSA) is 23.8 Å². The van der Waals surface area contributed by atoms with Gasteiger partial charge < -0.3 is 0 Å². The molecule has 1 aliphatic rings. The van der Waals surface area contributed by atoms with E-state index in [9.17, 15) is 0 Å². The van der Waals surface area contributed by atoms with E-state index >= 15 is 0 Å². The van der Waals surface area contributed by atoms with Crippen molar-refractivity contribution < 1.29 is 0 Å². The Hall–Kier alpha value is -0.770. The number of hydrogen-bond donors (Lipinski definition) is 0. The molecule has 1 saturated carbocycles. The van der Waals surface area contributed by atoms with Crippen molar-refractivity contribution in [3.05, 3.63) is 12.2 Å². The fourth-order valence-electron chi connectivity index (χ4n) is 1.82. The third kappa shape index (κ3) is 2.08. The normalized spacial score (nSPS) is 31.5. The molecule has 0 aromatic carbocycles. The first-order chi connectivity index (χ1) is 5.26. The van der Waals surface area contributed by atoms with Gasteiger partial charge in [-0.15, -0.1) is 0 Å². The SMILES string of the molecule is C=C1CC(C#N)CC(CC)C1. The van der Waals surface area contributed by atoms with Gasteiger partial charge in [0.2, 0.25) is 0 Å². The molecule has 1 aliphatic carbocycles. The average Bonchev–Trinajstić information content (AvgIpc) is 2.03. The lowest BCUT2D eigenvalue weighted by atomic mass is 9.78. The number of allylic oxidation sites excluding steroid dienone is 1. The van der Waals surface area contributed by atoms with E-state index in [1.807, 2.05) is 0 Å². The van der Waals surface area contributed by atoms with Gasteiger partial charge in [-0.2, -0.15) is 5.26 Å². The molecule has 0 aliphatic heterocycles. The van der Waals surface area contributed by atoms with Crippen molar-refractivity contribution in [1.82, 2.24) is 0 Å². The Morgan fingerprint density at radius 3 is 2.91 bits per heavy atom. The molecule has 1 heteroatoms. The van der Waals surface area contributed by atoms with Gasteiger partial charge in [-0.1, -0.05) is 25.5 Å². The molecule has 0 N–H and O–H groups in total. The molecule has 2 unspecified atom stereocenters. The molecule has 0 radical (unpaired) electrons. The van der Waals surface area contributed by atoms with Gasteiger partial charge in [-0.25, -0.2) is 0 Å². The average molecular weight is 149 g/mol. The van der Waals surface area contributed by atoms with Crippen molar-refractivity contribution in [2.24, 2.45) is 11.8 Å². The minimum absolute atomic E-state index is 0.251. The zero-order valence-electron chi connectivity index (χ0n) is 7.14. The summed E-state index contributed by atoms with van der Waals surface area (Å²) >= 11 is 0. The monoisotopic (exact) mass is 149 g/mol. The van der Waals surface area contributed by atoms with Crippen molar-refractivity contribution in [3.8, 4) is 6.07 Å². The maximum atomic E-state index is 8.73. The number of nitriles is 1. The van der Waals surface area contributed by atoms with Crippen LogP contribution in [-0.2, 0) is 0 Å². The van der Waals surface area contributed by atoms with Crippen LogP contribution < -0.4 is 0 Å². The lowest BCUT2D eigenvalue weighted by Crippen LogP contribution is -2.14. The molecule has 0 heterocycles. The Morgan fingerprint density at radius 1 is 1.64 bits per heavy atom. The fourth-order valence-corrected chi connectivity index (χ4v) is 1.82. The van der Waals surface area contributed by atoms with Crippen LogP contribution in [0, 0.1) is 23.2 Å². The second kappa shape index (κ2) is 3.57. The maximum Gasteiger partial charge on any atom is 0.0659 e. The third-order valence-corrected chi connectivity index (χ3v) is 2.49. The maximum absolute atomic E-state index is 8.73. The van der Waals surface area contributed by atoms with Crippen LogP contribution in [0.25, 0.3) is 0 Å². The van der Waals surface area contributed by atoms with Gasteiger partial charge in [-0.05, 0) is 25.2 Å². The number of nitrogens with zero attached hydrogens (tertiary/aromatic N) is 1. The van der Waals surface area contributed by atoms with Crippen LogP contribution in [0.2, 0.25) is 0 Å². The molecule has 60 valence electrons. The van der Waals surface area contributed by atoms with Crippen LogP contribution in [0.5, 0.6) is 0 Å². The van der Waals surface area contributed by atoms with Gasteiger partial charge in [0.15, 0.2) is 0 Å². The van der Waals surface area contributed by atoms with Crippen molar-refractivity contribution in [2.75, 3.05) is 0 Å². The first kappa shape index (κ1) is 8.33. The first-order valence-electron chi connectivity index (χ1n) is 4.32. The Bertz CT molecular complexity index is 188. The lowest BCUT2D eigenvalue weighted by molar-refractivity contribution is 0.358. The van der Waals surface area contributed by atoms with E-state index in [1.54, 1.807) is 0 Å². The van der Waals surface area contributed by atoms with Gasteiger partial charge in [-0.3, -0.25) is 0 Å². The molecule has 0 aromatic rings. The summed E-state index contributed by atoms with van der Waals surface area (Å²) < 4.78 is 0. The van der Waals surface area contributed by atoms with E-state index < -0.39 is 0 Å². The molecule has 11 heavy (non-hydrogen) atoms. The van der Waals surface area contributed by atoms with Gasteiger partial charge in [0.25, 0.3) is 0 Å². The van der Waals surface area contributed by atoms with Crippen LogP contribution in [0.1, 0.15) is 32.6 Å². The summed E-state index contributed by atoms with van der Waals surface area (Å²) in [5.74, 6) is 0.974. The molecule has 0 saturated heterocycles. The second-order valence-corrected chi connectivity index (χ2v) is 3.49. The zero-order chi connectivity index (χ0) is 8.27. The standard InChI is InChI=1S/C10H15N/c1-3-9-4-8(2)5-10(6-9)7-11/h9-10H,2-6H2,1H3. The largest absolute Gasteiger partial charge is 0.198 e.